The van der Waals surface area contributed by atoms with Crippen LogP contribution in [0.4, 0.5) is 0 Å². The Morgan fingerprint density at radius 3 is 2.86 bits per heavy atom. The smallest absolute Gasteiger partial charge is 0.0547 e. The van der Waals surface area contributed by atoms with Crippen LogP contribution in [0.5, 0.6) is 0 Å². The zero-order chi connectivity index (χ0) is 14.7. The second kappa shape index (κ2) is 6.95. The van der Waals surface area contributed by atoms with Gasteiger partial charge in [0.25, 0.3) is 0 Å². The highest BCUT2D eigenvalue weighted by molar-refractivity contribution is 4.92. The van der Waals surface area contributed by atoms with E-state index in [1.807, 2.05) is 0 Å². The van der Waals surface area contributed by atoms with Crippen LogP contribution in [0.1, 0.15) is 39.5 Å². The van der Waals surface area contributed by atoms with Gasteiger partial charge in [0.05, 0.1) is 6.61 Å². The van der Waals surface area contributed by atoms with E-state index in [0.717, 1.165) is 25.8 Å². The zero-order valence-electron chi connectivity index (χ0n) is 13.9. The fourth-order valence-corrected chi connectivity index (χ4v) is 4.29. The fraction of sp³-hybridized carbons (Fsp3) is 1.00. The summed E-state index contributed by atoms with van der Waals surface area (Å²) in [4.78, 5) is 5.47. The van der Waals surface area contributed by atoms with Crippen LogP contribution in [0.25, 0.3) is 0 Å². The first kappa shape index (κ1) is 15.7. The summed E-state index contributed by atoms with van der Waals surface area (Å²) in [6.45, 7) is 13.9. The lowest BCUT2D eigenvalue weighted by molar-refractivity contribution is 0.102. The molecule has 0 amide bonds. The number of ether oxygens (including phenoxy) is 1. The van der Waals surface area contributed by atoms with Crippen molar-refractivity contribution in [2.24, 2.45) is 5.41 Å². The molecule has 4 heteroatoms. The minimum absolute atomic E-state index is 0.345. The maximum atomic E-state index is 5.78. The Kier molecular flexibility index (Phi) is 5.20. The van der Waals surface area contributed by atoms with Gasteiger partial charge in [-0.2, -0.15) is 0 Å². The third kappa shape index (κ3) is 3.98. The molecule has 0 aromatic rings. The lowest BCUT2D eigenvalue weighted by Gasteiger charge is -2.35. The molecule has 2 atom stereocenters. The van der Waals surface area contributed by atoms with Gasteiger partial charge in [-0.1, -0.05) is 13.8 Å². The minimum atomic E-state index is 0.345. The van der Waals surface area contributed by atoms with Gasteiger partial charge in [-0.3, -0.25) is 4.90 Å². The number of hydrogen-bond donors (Lipinski definition) is 1. The van der Waals surface area contributed by atoms with Crippen molar-refractivity contribution in [2.75, 3.05) is 52.5 Å². The van der Waals surface area contributed by atoms with Crippen LogP contribution < -0.4 is 5.32 Å². The molecule has 0 bridgehead atoms. The van der Waals surface area contributed by atoms with E-state index in [9.17, 15) is 0 Å². The molecule has 0 aromatic carbocycles. The monoisotopic (exact) mass is 295 g/mol. The molecule has 3 heterocycles. The van der Waals surface area contributed by atoms with Gasteiger partial charge in [0.1, 0.15) is 0 Å². The first-order valence-electron chi connectivity index (χ1n) is 8.94. The van der Waals surface area contributed by atoms with Crippen molar-refractivity contribution in [1.29, 1.82) is 0 Å². The van der Waals surface area contributed by atoms with E-state index >= 15 is 0 Å². The largest absolute Gasteiger partial charge is 0.381 e. The van der Waals surface area contributed by atoms with Crippen LogP contribution in [-0.4, -0.2) is 74.4 Å². The molecule has 0 spiro atoms. The average molecular weight is 295 g/mol. The predicted molar refractivity (Wildman–Crippen MR) is 86.7 cm³/mol. The molecule has 3 rings (SSSR count). The molecule has 0 aliphatic carbocycles. The van der Waals surface area contributed by atoms with Gasteiger partial charge in [-0.25, -0.2) is 0 Å². The molecule has 2 unspecified atom stereocenters. The van der Waals surface area contributed by atoms with Crippen LogP contribution in [-0.2, 0) is 4.74 Å². The molecule has 3 aliphatic heterocycles. The maximum absolute atomic E-state index is 5.78. The SMILES string of the molecule is CC(C)NCC1(CN2CCCN3CCCC3C2)CCOC1. The second-order valence-electron chi connectivity index (χ2n) is 7.76. The molecule has 122 valence electrons. The molecule has 0 aromatic heterocycles. The van der Waals surface area contributed by atoms with Gasteiger partial charge in [0.15, 0.2) is 0 Å². The Labute approximate surface area is 130 Å². The standard InChI is InChI=1S/C17H33N3O/c1-15(2)18-12-17(6-10-21-14-17)13-19-7-4-9-20-8-3-5-16(20)11-19/h15-16,18H,3-14H2,1-2H3. The molecule has 3 saturated heterocycles. The summed E-state index contributed by atoms with van der Waals surface area (Å²) in [5, 5.41) is 3.66. The highest BCUT2D eigenvalue weighted by atomic mass is 16.5. The summed E-state index contributed by atoms with van der Waals surface area (Å²) < 4.78 is 5.78. The summed E-state index contributed by atoms with van der Waals surface area (Å²) in [7, 11) is 0. The van der Waals surface area contributed by atoms with Crippen LogP contribution in [0.15, 0.2) is 0 Å². The Morgan fingerprint density at radius 1 is 1.24 bits per heavy atom. The Balaban J connectivity index is 1.59. The summed E-state index contributed by atoms with van der Waals surface area (Å²) in [6.07, 6.45) is 5.37. The lowest BCUT2D eigenvalue weighted by atomic mass is 9.86. The van der Waals surface area contributed by atoms with E-state index in [-0.39, 0.29) is 0 Å². The number of hydrogen-bond acceptors (Lipinski definition) is 4. The Hall–Kier alpha value is -0.160. The third-order valence-corrected chi connectivity index (χ3v) is 5.52. The molecule has 3 aliphatic rings. The van der Waals surface area contributed by atoms with Crippen molar-refractivity contribution < 1.29 is 4.74 Å². The Bertz CT molecular complexity index is 328. The minimum Gasteiger partial charge on any atom is -0.381 e. The third-order valence-electron chi connectivity index (χ3n) is 5.52. The van der Waals surface area contributed by atoms with Crippen LogP contribution in [0.3, 0.4) is 0 Å². The Morgan fingerprint density at radius 2 is 2.10 bits per heavy atom. The number of nitrogens with zero attached hydrogens (tertiary/aromatic N) is 2. The van der Waals surface area contributed by atoms with Crippen molar-refractivity contribution in [3.8, 4) is 0 Å². The summed E-state index contributed by atoms with van der Waals surface area (Å²) in [6, 6.07) is 1.39. The molecule has 21 heavy (non-hydrogen) atoms. The van der Waals surface area contributed by atoms with E-state index in [1.165, 1.54) is 58.4 Å². The summed E-state index contributed by atoms with van der Waals surface area (Å²) >= 11 is 0. The first-order chi connectivity index (χ1) is 10.2. The van der Waals surface area contributed by atoms with E-state index in [1.54, 1.807) is 0 Å². The fourth-order valence-electron chi connectivity index (χ4n) is 4.29. The van der Waals surface area contributed by atoms with E-state index in [2.05, 4.69) is 29.0 Å². The summed E-state index contributed by atoms with van der Waals surface area (Å²) in [5.41, 5.74) is 0.345. The second-order valence-corrected chi connectivity index (χ2v) is 7.76. The van der Waals surface area contributed by atoms with Crippen LogP contribution in [0.2, 0.25) is 0 Å². The molecular formula is C17H33N3O. The van der Waals surface area contributed by atoms with E-state index in [4.69, 9.17) is 4.74 Å². The number of fused-ring (bicyclic) bond motifs is 1. The van der Waals surface area contributed by atoms with E-state index in [0.29, 0.717) is 11.5 Å². The highest BCUT2D eigenvalue weighted by Crippen LogP contribution is 2.31. The number of rotatable bonds is 5. The van der Waals surface area contributed by atoms with E-state index < -0.39 is 0 Å². The van der Waals surface area contributed by atoms with Crippen molar-refractivity contribution in [3.05, 3.63) is 0 Å². The molecule has 0 radical (unpaired) electrons. The van der Waals surface area contributed by atoms with Crippen molar-refractivity contribution >= 4 is 0 Å². The van der Waals surface area contributed by atoms with Gasteiger partial charge in [-0.05, 0) is 45.3 Å². The van der Waals surface area contributed by atoms with Gasteiger partial charge >= 0.3 is 0 Å². The van der Waals surface area contributed by atoms with Crippen molar-refractivity contribution in [3.63, 3.8) is 0 Å². The number of nitrogens with one attached hydrogen (secondary N) is 1. The molecule has 4 nitrogen and oxygen atoms in total. The zero-order valence-corrected chi connectivity index (χ0v) is 13.9. The topological polar surface area (TPSA) is 27.7 Å². The van der Waals surface area contributed by atoms with Crippen LogP contribution in [0, 0.1) is 5.41 Å². The first-order valence-corrected chi connectivity index (χ1v) is 8.94. The highest BCUT2D eigenvalue weighted by Gasteiger charge is 2.38. The van der Waals surface area contributed by atoms with Gasteiger partial charge in [-0.15, -0.1) is 0 Å². The van der Waals surface area contributed by atoms with Gasteiger partial charge in [0, 0.05) is 43.7 Å². The predicted octanol–water partition coefficient (Wildman–Crippen LogP) is 1.56. The van der Waals surface area contributed by atoms with Crippen molar-refractivity contribution in [2.45, 2.75) is 51.6 Å². The van der Waals surface area contributed by atoms with Gasteiger partial charge in [0.2, 0.25) is 0 Å². The molecule has 0 saturated carbocycles. The quantitative estimate of drug-likeness (QED) is 0.833. The van der Waals surface area contributed by atoms with Crippen LogP contribution >= 0.6 is 0 Å². The van der Waals surface area contributed by atoms with Crippen molar-refractivity contribution in [1.82, 2.24) is 15.1 Å². The molecular weight excluding hydrogens is 262 g/mol. The van der Waals surface area contributed by atoms with Gasteiger partial charge < -0.3 is 15.0 Å². The lowest BCUT2D eigenvalue weighted by Crippen LogP contribution is -2.48. The molecule has 1 N–H and O–H groups in total. The molecule has 3 fully saturated rings. The maximum Gasteiger partial charge on any atom is 0.0547 e. The average Bonchev–Trinajstić information content (AvgIpc) is 3.04. The normalized spacial score (nSPS) is 35.3. The summed E-state index contributed by atoms with van der Waals surface area (Å²) in [5.74, 6) is 0.